The molecule has 0 saturated carbocycles. The van der Waals surface area contributed by atoms with Crippen LogP contribution >= 0.6 is 15.6 Å². The molecule has 3 N–H and O–H groups in total. The average Bonchev–Trinajstić information content (AvgIpc) is 1.04. The summed E-state index contributed by atoms with van der Waals surface area (Å²) in [5, 5.41) is 10.6. The SMILES string of the molecule is CCC(C)CCCCCCCCC(=O)OC[C@H](COP(=O)(O)OCC(O)COP(=O)(O)OC[C@@H](COC(=O)CCCCCCCCC(C)C)OC(=O)CCCCCCCCCCCCCCCCCCC(C)C)OC(=O)CCCCCCCCCCCCCCCCCCCCC(C)C. The number of unbranched alkanes of at least 4 members (excludes halogenated alkanes) is 42. The van der Waals surface area contributed by atoms with Gasteiger partial charge < -0.3 is 33.8 Å². The van der Waals surface area contributed by atoms with E-state index in [0.717, 1.165) is 120 Å². The van der Waals surface area contributed by atoms with Crippen LogP contribution < -0.4 is 0 Å². The Morgan fingerprint density at radius 2 is 0.485 bits per heavy atom. The van der Waals surface area contributed by atoms with Crippen LogP contribution in [0.25, 0.3) is 0 Å². The lowest BCUT2D eigenvalue weighted by atomic mass is 10.00. The highest BCUT2D eigenvalue weighted by atomic mass is 31.2. The van der Waals surface area contributed by atoms with Crippen LogP contribution in [-0.4, -0.2) is 96.7 Å². The number of esters is 4. The van der Waals surface area contributed by atoms with Crippen molar-refractivity contribution in [3.63, 3.8) is 0 Å². The molecular weight excluding hydrogens is 1290 g/mol. The predicted molar refractivity (Wildman–Crippen MR) is 404 cm³/mol. The largest absolute Gasteiger partial charge is 0.472 e. The zero-order valence-corrected chi connectivity index (χ0v) is 66.9. The Bertz CT molecular complexity index is 1940. The van der Waals surface area contributed by atoms with Crippen molar-refractivity contribution in [2.45, 2.75) is 427 Å². The van der Waals surface area contributed by atoms with Gasteiger partial charge in [-0.3, -0.25) is 37.3 Å². The van der Waals surface area contributed by atoms with Crippen molar-refractivity contribution in [1.29, 1.82) is 0 Å². The van der Waals surface area contributed by atoms with E-state index in [1.54, 1.807) is 0 Å². The number of carbonyl (C=O) groups excluding carboxylic acids is 4. The molecule has 17 nitrogen and oxygen atoms in total. The third-order valence-corrected chi connectivity index (χ3v) is 20.8. The number of ether oxygens (including phenoxy) is 4. The summed E-state index contributed by atoms with van der Waals surface area (Å²) in [6.07, 6.45) is 55.9. The van der Waals surface area contributed by atoms with Gasteiger partial charge in [0.15, 0.2) is 12.2 Å². The molecule has 0 spiro atoms. The molecule has 0 radical (unpaired) electrons. The molecule has 0 fully saturated rings. The Morgan fingerprint density at radius 1 is 0.283 bits per heavy atom. The maximum atomic E-state index is 13.1. The fourth-order valence-corrected chi connectivity index (χ4v) is 13.8. The lowest BCUT2D eigenvalue weighted by Gasteiger charge is -2.21. The van der Waals surface area contributed by atoms with Crippen molar-refractivity contribution in [3.05, 3.63) is 0 Å². The monoisotopic (exact) mass is 1450 g/mol. The maximum Gasteiger partial charge on any atom is 0.472 e. The van der Waals surface area contributed by atoms with Gasteiger partial charge in [0.2, 0.25) is 0 Å². The lowest BCUT2D eigenvalue weighted by Crippen LogP contribution is -2.30. The van der Waals surface area contributed by atoms with Gasteiger partial charge in [-0.25, -0.2) is 9.13 Å². The van der Waals surface area contributed by atoms with Gasteiger partial charge in [-0.15, -0.1) is 0 Å². The highest BCUT2D eigenvalue weighted by Gasteiger charge is 2.30. The minimum atomic E-state index is -4.96. The summed E-state index contributed by atoms with van der Waals surface area (Å²) in [5.41, 5.74) is 0. The number of aliphatic hydroxyl groups is 1. The molecule has 0 aromatic heterocycles. The second kappa shape index (κ2) is 69.1. The van der Waals surface area contributed by atoms with E-state index in [1.165, 1.54) is 199 Å². The Labute approximate surface area is 607 Å². The van der Waals surface area contributed by atoms with Crippen LogP contribution in [0.3, 0.4) is 0 Å². The first-order chi connectivity index (χ1) is 47.6. The number of hydrogen-bond donors (Lipinski definition) is 3. The molecule has 4 unspecified atom stereocenters. The van der Waals surface area contributed by atoms with Crippen molar-refractivity contribution >= 4 is 39.5 Å². The number of rotatable bonds is 77. The van der Waals surface area contributed by atoms with Gasteiger partial charge in [0.25, 0.3) is 0 Å². The number of carbonyl (C=O) groups is 4. The van der Waals surface area contributed by atoms with Crippen LogP contribution in [0, 0.1) is 23.7 Å². The Hall–Kier alpha value is -1.94. The van der Waals surface area contributed by atoms with E-state index >= 15 is 0 Å². The van der Waals surface area contributed by atoms with Crippen LogP contribution in [-0.2, 0) is 65.4 Å². The zero-order chi connectivity index (χ0) is 73.1. The Morgan fingerprint density at radius 3 is 0.717 bits per heavy atom. The molecule has 0 heterocycles. The van der Waals surface area contributed by atoms with Gasteiger partial charge in [0.1, 0.15) is 19.3 Å². The fraction of sp³-hybridized carbons (Fsp3) is 0.950. The first-order valence-electron chi connectivity index (χ1n) is 41.2. The predicted octanol–water partition coefficient (Wildman–Crippen LogP) is 23.6. The van der Waals surface area contributed by atoms with Crippen molar-refractivity contribution in [2.75, 3.05) is 39.6 Å². The third kappa shape index (κ3) is 72.8. The summed E-state index contributed by atoms with van der Waals surface area (Å²) in [6, 6.07) is 0. The Kier molecular flexibility index (Phi) is 67.8. The van der Waals surface area contributed by atoms with Crippen LogP contribution in [0.2, 0.25) is 0 Å². The van der Waals surface area contributed by atoms with E-state index in [9.17, 15) is 43.2 Å². The van der Waals surface area contributed by atoms with Gasteiger partial charge in [0, 0.05) is 25.7 Å². The number of phosphoric acid groups is 2. The molecule has 0 bridgehead atoms. The molecule has 6 atom stereocenters. The molecule has 0 saturated heterocycles. The zero-order valence-electron chi connectivity index (χ0n) is 65.1. The summed E-state index contributed by atoms with van der Waals surface area (Å²) in [6.45, 7) is 14.2. The van der Waals surface area contributed by atoms with Gasteiger partial charge in [-0.05, 0) is 49.4 Å². The molecule has 0 aliphatic carbocycles. The van der Waals surface area contributed by atoms with Gasteiger partial charge in [0.05, 0.1) is 26.4 Å². The molecule has 19 heteroatoms. The standard InChI is InChI=1S/C80H156O17P2/c1-9-73(8)59-51-43-37-39-45-53-61-78(83)91-67-76(97-80(85)63-54-46-34-30-26-22-18-13-11-10-12-16-20-24-28-32-40-48-56-70(2)3)69-95-99(88,89)93-65-74(81)64-92-98(86,87)94-68-75(66-90-77(82)60-52-44-38-36-42-50-58-72(6)7)96-79(84)62-55-47-35-31-27-23-19-15-14-17-21-25-29-33-41-49-57-71(4)5/h70-76,81H,9-69H2,1-8H3,(H,86,87)(H,88,89)/t73?,74?,75-,76-/m1/s1. The van der Waals surface area contributed by atoms with Crippen LogP contribution in [0.5, 0.6) is 0 Å². The highest BCUT2D eigenvalue weighted by Crippen LogP contribution is 2.45. The fourth-order valence-electron chi connectivity index (χ4n) is 12.2. The molecule has 588 valence electrons. The smallest absolute Gasteiger partial charge is 0.462 e. The van der Waals surface area contributed by atoms with Crippen LogP contribution in [0.15, 0.2) is 0 Å². The van der Waals surface area contributed by atoms with Crippen molar-refractivity contribution in [3.8, 4) is 0 Å². The Balaban J connectivity index is 5.15. The molecular formula is C80H156O17P2. The minimum Gasteiger partial charge on any atom is -0.462 e. The van der Waals surface area contributed by atoms with E-state index in [0.29, 0.717) is 31.6 Å². The lowest BCUT2D eigenvalue weighted by molar-refractivity contribution is -0.161. The van der Waals surface area contributed by atoms with E-state index in [2.05, 4.69) is 55.4 Å². The second-order valence-electron chi connectivity index (χ2n) is 30.5. The van der Waals surface area contributed by atoms with Crippen molar-refractivity contribution in [1.82, 2.24) is 0 Å². The number of hydrogen-bond acceptors (Lipinski definition) is 15. The normalized spacial score (nSPS) is 14.3. The van der Waals surface area contributed by atoms with E-state index in [-0.39, 0.29) is 25.7 Å². The second-order valence-corrected chi connectivity index (χ2v) is 33.4. The quantitative estimate of drug-likeness (QED) is 0.0222. The summed E-state index contributed by atoms with van der Waals surface area (Å²) >= 11 is 0. The molecule has 0 aromatic carbocycles. The van der Waals surface area contributed by atoms with Crippen LogP contribution in [0.1, 0.15) is 409 Å². The van der Waals surface area contributed by atoms with Crippen molar-refractivity contribution in [2.24, 2.45) is 23.7 Å². The van der Waals surface area contributed by atoms with Crippen LogP contribution in [0.4, 0.5) is 0 Å². The molecule has 0 aliphatic rings. The van der Waals surface area contributed by atoms with Crippen molar-refractivity contribution < 1.29 is 80.2 Å². The first kappa shape index (κ1) is 97.1. The summed E-state index contributed by atoms with van der Waals surface area (Å²) in [7, 11) is -9.92. The van der Waals surface area contributed by atoms with Gasteiger partial charge in [-0.1, -0.05) is 357 Å². The average molecular weight is 1450 g/mol. The van der Waals surface area contributed by atoms with E-state index in [4.69, 9.17) is 37.0 Å². The summed E-state index contributed by atoms with van der Waals surface area (Å²) in [5.74, 6) is 0.920. The molecule has 0 aromatic rings. The highest BCUT2D eigenvalue weighted by molar-refractivity contribution is 7.47. The molecule has 0 aliphatic heterocycles. The molecule has 99 heavy (non-hydrogen) atoms. The van der Waals surface area contributed by atoms with Gasteiger partial charge in [-0.2, -0.15) is 0 Å². The topological polar surface area (TPSA) is 237 Å². The molecule has 0 rings (SSSR count). The summed E-state index contributed by atoms with van der Waals surface area (Å²) in [4.78, 5) is 72.9. The number of aliphatic hydroxyl groups excluding tert-OH is 1. The van der Waals surface area contributed by atoms with E-state index in [1.807, 2.05) is 0 Å². The third-order valence-electron chi connectivity index (χ3n) is 18.9. The maximum absolute atomic E-state index is 13.1. The number of phosphoric ester groups is 2. The van der Waals surface area contributed by atoms with E-state index < -0.39 is 97.5 Å². The minimum absolute atomic E-state index is 0.106. The summed E-state index contributed by atoms with van der Waals surface area (Å²) < 4.78 is 68.6. The molecule has 0 amide bonds. The van der Waals surface area contributed by atoms with Gasteiger partial charge >= 0.3 is 39.5 Å². The first-order valence-corrected chi connectivity index (χ1v) is 44.2.